The maximum atomic E-state index is 13.2. The quantitative estimate of drug-likeness (QED) is 0.641. The van der Waals surface area contributed by atoms with Gasteiger partial charge < -0.3 is 10.6 Å². The first-order chi connectivity index (χ1) is 14.7. The highest BCUT2D eigenvalue weighted by molar-refractivity contribution is 5.91. The molecular weight excluding hydrogens is 368 g/mol. The van der Waals surface area contributed by atoms with Gasteiger partial charge in [0.1, 0.15) is 5.41 Å². The van der Waals surface area contributed by atoms with E-state index in [0.717, 1.165) is 50.0 Å². The number of rotatable bonds is 7. The Balaban J connectivity index is 1.66. The summed E-state index contributed by atoms with van der Waals surface area (Å²) in [6.45, 7) is 2.94. The monoisotopic (exact) mass is 398 g/mol. The lowest BCUT2D eigenvalue weighted by Crippen LogP contribution is -2.53. The highest BCUT2D eigenvalue weighted by Crippen LogP contribution is 2.43. The molecule has 3 nitrogen and oxygen atoms in total. The summed E-state index contributed by atoms with van der Waals surface area (Å²) >= 11 is 0. The summed E-state index contributed by atoms with van der Waals surface area (Å²) in [5.74, 6) is -0.112. The number of hydrogen-bond acceptors (Lipinski definition) is 2. The third-order valence-corrected chi connectivity index (χ3v) is 6.52. The van der Waals surface area contributed by atoms with Gasteiger partial charge in [0.25, 0.3) is 0 Å². The van der Waals surface area contributed by atoms with Crippen LogP contribution in [0.3, 0.4) is 0 Å². The largest absolute Gasteiger partial charge is 0.369 e. The molecule has 3 heteroatoms. The highest BCUT2D eigenvalue weighted by atomic mass is 16.1. The molecule has 0 aromatic heterocycles. The van der Waals surface area contributed by atoms with E-state index >= 15 is 0 Å². The van der Waals surface area contributed by atoms with Crippen molar-refractivity contribution in [3.63, 3.8) is 0 Å². The minimum Gasteiger partial charge on any atom is -0.369 e. The van der Waals surface area contributed by atoms with Gasteiger partial charge in [0, 0.05) is 13.1 Å². The van der Waals surface area contributed by atoms with Crippen LogP contribution in [0.15, 0.2) is 91.0 Å². The van der Waals surface area contributed by atoms with Crippen molar-refractivity contribution in [3.8, 4) is 0 Å². The zero-order valence-corrected chi connectivity index (χ0v) is 17.4. The van der Waals surface area contributed by atoms with Gasteiger partial charge in [-0.05, 0) is 48.4 Å². The van der Waals surface area contributed by atoms with Gasteiger partial charge in [-0.25, -0.2) is 0 Å². The van der Waals surface area contributed by atoms with E-state index in [-0.39, 0.29) is 11.8 Å². The summed E-state index contributed by atoms with van der Waals surface area (Å²) in [6.07, 6.45) is 3.09. The fourth-order valence-corrected chi connectivity index (χ4v) is 5.07. The van der Waals surface area contributed by atoms with E-state index in [9.17, 15) is 4.79 Å². The minimum atomic E-state index is -0.812. The number of likely N-dealkylation sites (tertiary alicyclic amines) is 1. The Morgan fingerprint density at radius 3 is 1.93 bits per heavy atom. The molecule has 1 saturated heterocycles. The van der Waals surface area contributed by atoms with Crippen molar-refractivity contribution in [3.05, 3.63) is 108 Å². The molecular formula is C27H30N2O. The third kappa shape index (κ3) is 4.03. The molecule has 154 valence electrons. The number of benzene rings is 3. The summed E-state index contributed by atoms with van der Waals surface area (Å²) in [4.78, 5) is 15.7. The fourth-order valence-electron chi connectivity index (χ4n) is 5.07. The molecule has 2 N–H and O–H groups in total. The number of nitrogens with zero attached hydrogens (tertiary/aromatic N) is 1. The van der Waals surface area contributed by atoms with Gasteiger partial charge in [0.15, 0.2) is 0 Å². The van der Waals surface area contributed by atoms with Gasteiger partial charge in [-0.1, -0.05) is 91.0 Å². The van der Waals surface area contributed by atoms with Crippen molar-refractivity contribution in [1.29, 1.82) is 0 Å². The van der Waals surface area contributed by atoms with Crippen molar-refractivity contribution < 1.29 is 4.79 Å². The van der Waals surface area contributed by atoms with E-state index in [4.69, 9.17) is 5.73 Å². The molecule has 3 aromatic carbocycles. The molecule has 0 bridgehead atoms. The molecule has 0 radical (unpaired) electrons. The summed E-state index contributed by atoms with van der Waals surface area (Å²) < 4.78 is 0. The third-order valence-electron chi connectivity index (χ3n) is 6.52. The Morgan fingerprint density at radius 2 is 1.40 bits per heavy atom. The standard InChI is InChI=1S/C27H30N2O/c28-26(30)27(23-13-6-2-7-14-23,24-15-8-3-9-16-24)25-17-10-19-29(21-25)20-18-22-11-4-1-5-12-22/h1-9,11-16,25H,10,17-21H2,(H2,28,30)/t25-/m0/s1. The molecule has 0 unspecified atom stereocenters. The molecule has 1 fully saturated rings. The number of primary amides is 1. The van der Waals surface area contributed by atoms with Crippen LogP contribution in [0.25, 0.3) is 0 Å². The maximum absolute atomic E-state index is 13.2. The number of carbonyl (C=O) groups is 1. The van der Waals surface area contributed by atoms with Crippen molar-refractivity contribution in [1.82, 2.24) is 4.90 Å². The van der Waals surface area contributed by atoms with Crippen LogP contribution >= 0.6 is 0 Å². The molecule has 1 heterocycles. The van der Waals surface area contributed by atoms with Crippen LogP contribution in [0, 0.1) is 5.92 Å². The Bertz CT molecular complexity index is 901. The van der Waals surface area contributed by atoms with Crippen LogP contribution in [-0.4, -0.2) is 30.4 Å². The summed E-state index contributed by atoms with van der Waals surface area (Å²) in [5, 5.41) is 0. The molecule has 1 aliphatic rings. The Hall–Kier alpha value is -2.91. The summed E-state index contributed by atoms with van der Waals surface area (Å²) in [5.41, 5.74) is 8.76. The molecule has 4 rings (SSSR count). The van der Waals surface area contributed by atoms with Gasteiger partial charge in [-0.3, -0.25) is 4.79 Å². The second-order valence-electron chi connectivity index (χ2n) is 8.28. The maximum Gasteiger partial charge on any atom is 0.232 e. The number of nitrogens with two attached hydrogens (primary N) is 1. The molecule has 0 aliphatic carbocycles. The average molecular weight is 399 g/mol. The van der Waals surface area contributed by atoms with E-state index in [2.05, 4.69) is 59.5 Å². The van der Waals surface area contributed by atoms with E-state index in [0.29, 0.717) is 0 Å². The lowest BCUT2D eigenvalue weighted by molar-refractivity contribution is -0.124. The van der Waals surface area contributed by atoms with Gasteiger partial charge in [0.05, 0.1) is 0 Å². The SMILES string of the molecule is NC(=O)C(c1ccccc1)(c1ccccc1)[C@H]1CCCN(CCc2ccccc2)C1. The molecule has 3 aromatic rings. The first-order valence-corrected chi connectivity index (χ1v) is 10.9. The van der Waals surface area contributed by atoms with Crippen LogP contribution in [0.1, 0.15) is 29.5 Å². The summed E-state index contributed by atoms with van der Waals surface area (Å²) in [6, 6.07) is 30.8. The van der Waals surface area contributed by atoms with Gasteiger partial charge in [0.2, 0.25) is 5.91 Å². The lowest BCUT2D eigenvalue weighted by atomic mass is 9.63. The van der Waals surface area contributed by atoms with Crippen LogP contribution in [0.2, 0.25) is 0 Å². The van der Waals surface area contributed by atoms with Crippen molar-refractivity contribution >= 4 is 5.91 Å². The predicted molar refractivity (Wildman–Crippen MR) is 122 cm³/mol. The molecule has 1 atom stereocenters. The molecule has 1 amide bonds. The topological polar surface area (TPSA) is 46.3 Å². The smallest absolute Gasteiger partial charge is 0.232 e. The fraction of sp³-hybridized carbons (Fsp3) is 0.296. The minimum absolute atomic E-state index is 0.143. The van der Waals surface area contributed by atoms with Crippen LogP contribution in [0.5, 0.6) is 0 Å². The number of hydrogen-bond donors (Lipinski definition) is 1. The van der Waals surface area contributed by atoms with Crippen molar-refractivity contribution in [2.45, 2.75) is 24.7 Å². The molecule has 0 saturated carbocycles. The predicted octanol–water partition coefficient (Wildman–Crippen LogP) is 4.41. The van der Waals surface area contributed by atoms with Crippen LogP contribution in [0.4, 0.5) is 0 Å². The zero-order chi connectivity index (χ0) is 20.8. The van der Waals surface area contributed by atoms with E-state index in [1.54, 1.807) is 0 Å². The number of amides is 1. The Kier molecular flexibility index (Phi) is 6.29. The van der Waals surface area contributed by atoms with Gasteiger partial charge in [-0.15, -0.1) is 0 Å². The zero-order valence-electron chi connectivity index (χ0n) is 17.4. The normalized spacial score (nSPS) is 17.5. The average Bonchev–Trinajstić information content (AvgIpc) is 2.80. The van der Waals surface area contributed by atoms with E-state index in [1.807, 2.05) is 36.4 Å². The Morgan fingerprint density at radius 1 is 0.867 bits per heavy atom. The first kappa shape index (κ1) is 20.4. The molecule has 0 spiro atoms. The molecule has 1 aliphatic heterocycles. The molecule has 30 heavy (non-hydrogen) atoms. The number of piperidine rings is 1. The Labute approximate surface area is 179 Å². The van der Waals surface area contributed by atoms with Gasteiger partial charge >= 0.3 is 0 Å². The second kappa shape index (κ2) is 9.27. The van der Waals surface area contributed by atoms with E-state index in [1.165, 1.54) is 5.56 Å². The van der Waals surface area contributed by atoms with Crippen LogP contribution < -0.4 is 5.73 Å². The van der Waals surface area contributed by atoms with E-state index < -0.39 is 5.41 Å². The van der Waals surface area contributed by atoms with Crippen LogP contribution in [-0.2, 0) is 16.6 Å². The number of carbonyl (C=O) groups excluding carboxylic acids is 1. The van der Waals surface area contributed by atoms with Crippen molar-refractivity contribution in [2.24, 2.45) is 11.7 Å². The highest BCUT2D eigenvalue weighted by Gasteiger charge is 2.48. The lowest BCUT2D eigenvalue weighted by Gasteiger charge is -2.44. The first-order valence-electron chi connectivity index (χ1n) is 10.9. The summed E-state index contributed by atoms with van der Waals surface area (Å²) in [7, 11) is 0. The van der Waals surface area contributed by atoms with Crippen molar-refractivity contribution in [2.75, 3.05) is 19.6 Å². The second-order valence-corrected chi connectivity index (χ2v) is 8.28. The van der Waals surface area contributed by atoms with Gasteiger partial charge in [-0.2, -0.15) is 0 Å².